The lowest BCUT2D eigenvalue weighted by Crippen LogP contribution is -2.21. The van der Waals surface area contributed by atoms with E-state index in [4.69, 9.17) is 0 Å². The lowest BCUT2D eigenvalue weighted by Gasteiger charge is -2.09. The Hall–Kier alpha value is -3.74. The maximum atomic E-state index is 12.5. The van der Waals surface area contributed by atoms with Crippen molar-refractivity contribution in [1.29, 1.82) is 0 Å². The Balaban J connectivity index is 1.78. The molecule has 1 N–H and O–H groups in total. The minimum atomic E-state index is -0.462. The van der Waals surface area contributed by atoms with Gasteiger partial charge in [-0.3, -0.25) is 14.9 Å². The molecule has 0 saturated carbocycles. The smallest absolute Gasteiger partial charge is 0.273 e. The maximum absolute atomic E-state index is 12.5. The molecule has 0 bridgehead atoms. The molecule has 0 atom stereocenters. The molecule has 0 fully saturated rings. The SMILES string of the molecule is C/C(=N\NC(=O)c1ccccc1-n1cccc1)c1ccc([N+](=O)[O-])cc1. The van der Waals surface area contributed by atoms with Crippen LogP contribution in [0.1, 0.15) is 22.8 Å². The van der Waals surface area contributed by atoms with Gasteiger partial charge in [-0.1, -0.05) is 12.1 Å². The second kappa shape index (κ2) is 7.43. The Morgan fingerprint density at radius 1 is 1.04 bits per heavy atom. The van der Waals surface area contributed by atoms with E-state index < -0.39 is 4.92 Å². The van der Waals surface area contributed by atoms with E-state index in [0.717, 1.165) is 5.69 Å². The number of hydrogen-bond acceptors (Lipinski definition) is 4. The van der Waals surface area contributed by atoms with Crippen LogP contribution in [-0.4, -0.2) is 21.1 Å². The first-order chi connectivity index (χ1) is 12.6. The number of nitrogens with zero attached hydrogens (tertiary/aromatic N) is 3. The van der Waals surface area contributed by atoms with E-state index in [1.165, 1.54) is 12.1 Å². The summed E-state index contributed by atoms with van der Waals surface area (Å²) in [5, 5.41) is 14.8. The molecule has 1 amide bonds. The molecule has 3 rings (SSSR count). The molecule has 7 heteroatoms. The first-order valence-corrected chi connectivity index (χ1v) is 7.88. The zero-order valence-corrected chi connectivity index (χ0v) is 14.0. The minimum absolute atomic E-state index is 0.00577. The largest absolute Gasteiger partial charge is 0.323 e. The van der Waals surface area contributed by atoms with Gasteiger partial charge in [-0.05, 0) is 48.9 Å². The molecule has 0 unspecified atom stereocenters. The Morgan fingerprint density at radius 2 is 1.69 bits per heavy atom. The lowest BCUT2D eigenvalue weighted by molar-refractivity contribution is -0.384. The normalized spacial score (nSPS) is 11.2. The number of carbonyl (C=O) groups is 1. The van der Waals surface area contributed by atoms with Crippen molar-refractivity contribution in [3.8, 4) is 5.69 Å². The predicted molar refractivity (Wildman–Crippen MR) is 98.5 cm³/mol. The Labute approximate surface area is 149 Å². The molecule has 26 heavy (non-hydrogen) atoms. The van der Waals surface area contributed by atoms with E-state index in [-0.39, 0.29) is 11.6 Å². The lowest BCUT2D eigenvalue weighted by atomic mass is 10.1. The van der Waals surface area contributed by atoms with Crippen molar-refractivity contribution in [2.24, 2.45) is 5.10 Å². The molecule has 0 radical (unpaired) electrons. The Morgan fingerprint density at radius 3 is 2.35 bits per heavy atom. The highest BCUT2D eigenvalue weighted by Gasteiger charge is 2.12. The molecule has 130 valence electrons. The highest BCUT2D eigenvalue weighted by Crippen LogP contribution is 2.15. The fourth-order valence-electron chi connectivity index (χ4n) is 2.47. The summed E-state index contributed by atoms with van der Waals surface area (Å²) >= 11 is 0. The average Bonchev–Trinajstić information content (AvgIpc) is 3.20. The van der Waals surface area contributed by atoms with Gasteiger partial charge in [0.1, 0.15) is 0 Å². The highest BCUT2D eigenvalue weighted by atomic mass is 16.6. The van der Waals surface area contributed by atoms with Crippen molar-refractivity contribution < 1.29 is 9.72 Å². The summed E-state index contributed by atoms with van der Waals surface area (Å²) < 4.78 is 1.85. The fraction of sp³-hybridized carbons (Fsp3) is 0.0526. The van der Waals surface area contributed by atoms with Crippen molar-refractivity contribution in [2.45, 2.75) is 6.92 Å². The van der Waals surface area contributed by atoms with Gasteiger partial charge in [0.2, 0.25) is 0 Å². The molecule has 0 spiro atoms. The zero-order valence-electron chi connectivity index (χ0n) is 14.0. The van der Waals surface area contributed by atoms with Crippen molar-refractivity contribution in [3.05, 3.63) is 94.3 Å². The molecular formula is C19H16N4O3. The molecule has 2 aromatic carbocycles. The van der Waals surface area contributed by atoms with E-state index in [1.54, 1.807) is 31.2 Å². The Kier molecular flexibility index (Phi) is 4.89. The highest BCUT2D eigenvalue weighted by molar-refractivity contribution is 6.02. The van der Waals surface area contributed by atoms with Gasteiger partial charge in [-0.2, -0.15) is 5.10 Å². The van der Waals surface area contributed by atoms with Crippen LogP contribution >= 0.6 is 0 Å². The van der Waals surface area contributed by atoms with E-state index in [1.807, 2.05) is 41.2 Å². The molecule has 0 aliphatic rings. The Bertz CT molecular complexity index is 961. The number of nitro benzene ring substituents is 1. The average molecular weight is 348 g/mol. The van der Waals surface area contributed by atoms with Gasteiger partial charge in [0.05, 0.1) is 21.9 Å². The molecule has 0 aliphatic heterocycles. The van der Waals surface area contributed by atoms with E-state index in [2.05, 4.69) is 10.5 Å². The number of nitro groups is 1. The fourth-order valence-corrected chi connectivity index (χ4v) is 2.47. The van der Waals surface area contributed by atoms with Crippen molar-refractivity contribution in [2.75, 3.05) is 0 Å². The third-order valence-corrected chi connectivity index (χ3v) is 3.85. The standard InChI is InChI=1S/C19H16N4O3/c1-14(15-8-10-16(11-9-15)23(25)26)20-21-19(24)17-6-2-3-7-18(17)22-12-4-5-13-22/h2-13H,1H3,(H,21,24)/b20-14+. The van der Waals surface area contributed by atoms with Crippen LogP contribution in [0.5, 0.6) is 0 Å². The molecule has 3 aromatic rings. The van der Waals surface area contributed by atoms with Gasteiger partial charge in [0.15, 0.2) is 0 Å². The molecule has 0 aliphatic carbocycles. The van der Waals surface area contributed by atoms with Crippen molar-refractivity contribution in [1.82, 2.24) is 9.99 Å². The number of hydrogen-bond donors (Lipinski definition) is 1. The van der Waals surface area contributed by atoms with Crippen LogP contribution in [0, 0.1) is 10.1 Å². The summed E-state index contributed by atoms with van der Waals surface area (Å²) in [6.07, 6.45) is 3.72. The number of hydrazone groups is 1. The first-order valence-electron chi connectivity index (χ1n) is 7.88. The zero-order chi connectivity index (χ0) is 18.5. The maximum Gasteiger partial charge on any atom is 0.273 e. The number of non-ortho nitro benzene ring substituents is 1. The van der Waals surface area contributed by atoms with Crippen LogP contribution in [0.3, 0.4) is 0 Å². The van der Waals surface area contributed by atoms with Crippen LogP contribution in [0.4, 0.5) is 5.69 Å². The van der Waals surface area contributed by atoms with Crippen LogP contribution in [0.15, 0.2) is 78.2 Å². The van der Waals surface area contributed by atoms with Crippen LogP contribution in [-0.2, 0) is 0 Å². The number of benzene rings is 2. The second-order valence-corrected chi connectivity index (χ2v) is 5.55. The third-order valence-electron chi connectivity index (χ3n) is 3.85. The third kappa shape index (κ3) is 3.67. The number of para-hydroxylation sites is 1. The van der Waals surface area contributed by atoms with Gasteiger partial charge in [0, 0.05) is 24.5 Å². The molecule has 7 nitrogen and oxygen atoms in total. The molecule has 1 heterocycles. The number of carbonyl (C=O) groups excluding carboxylic acids is 1. The van der Waals surface area contributed by atoms with E-state index in [0.29, 0.717) is 16.8 Å². The molecular weight excluding hydrogens is 332 g/mol. The van der Waals surface area contributed by atoms with E-state index in [9.17, 15) is 14.9 Å². The van der Waals surface area contributed by atoms with Gasteiger partial charge in [0.25, 0.3) is 11.6 Å². The summed E-state index contributed by atoms with van der Waals surface area (Å²) in [6, 6.07) is 17.0. The van der Waals surface area contributed by atoms with Crippen molar-refractivity contribution >= 4 is 17.3 Å². The monoisotopic (exact) mass is 348 g/mol. The number of amides is 1. The minimum Gasteiger partial charge on any atom is -0.323 e. The summed E-state index contributed by atoms with van der Waals surface area (Å²) in [7, 11) is 0. The summed E-state index contributed by atoms with van der Waals surface area (Å²) in [5.74, 6) is -0.337. The molecule has 0 saturated heterocycles. The number of rotatable bonds is 5. The van der Waals surface area contributed by atoms with Crippen LogP contribution < -0.4 is 5.43 Å². The summed E-state index contributed by atoms with van der Waals surface area (Å²) in [4.78, 5) is 22.8. The predicted octanol–water partition coefficient (Wildman–Crippen LogP) is 3.54. The van der Waals surface area contributed by atoms with Crippen LogP contribution in [0.2, 0.25) is 0 Å². The topological polar surface area (TPSA) is 89.5 Å². The van der Waals surface area contributed by atoms with Gasteiger partial charge < -0.3 is 4.57 Å². The summed E-state index contributed by atoms with van der Waals surface area (Å²) in [6.45, 7) is 1.72. The second-order valence-electron chi connectivity index (χ2n) is 5.55. The van der Waals surface area contributed by atoms with Gasteiger partial charge in [-0.25, -0.2) is 5.43 Å². The quantitative estimate of drug-likeness (QED) is 0.434. The van der Waals surface area contributed by atoms with E-state index >= 15 is 0 Å². The van der Waals surface area contributed by atoms with Gasteiger partial charge >= 0.3 is 0 Å². The number of nitrogens with one attached hydrogen (secondary N) is 1. The first kappa shape index (κ1) is 17.1. The summed E-state index contributed by atoms with van der Waals surface area (Å²) in [5.41, 5.74) is 5.02. The number of aromatic nitrogens is 1. The molecule has 1 aromatic heterocycles. The van der Waals surface area contributed by atoms with Crippen molar-refractivity contribution in [3.63, 3.8) is 0 Å². The van der Waals surface area contributed by atoms with Gasteiger partial charge in [-0.15, -0.1) is 0 Å². The van der Waals surface area contributed by atoms with Crippen LogP contribution in [0.25, 0.3) is 5.69 Å².